The molecule has 0 unspecified atom stereocenters. The zero-order valence-electron chi connectivity index (χ0n) is 12.1. The minimum Gasteiger partial charge on any atom is -0.550 e. The number of rotatable bonds is 7. The van der Waals surface area contributed by atoms with Gasteiger partial charge in [0, 0.05) is 12.4 Å². The monoisotopic (exact) mass is 297 g/mol. The molecule has 0 N–H and O–H groups in total. The van der Waals surface area contributed by atoms with Crippen LogP contribution >= 0.6 is 0 Å². The maximum atomic E-state index is 12.1. The quantitative estimate of drug-likeness (QED) is 0.730. The fraction of sp³-hybridized carbons (Fsp3) is 0.222. The van der Waals surface area contributed by atoms with Crippen molar-refractivity contribution in [2.24, 2.45) is 5.92 Å². The fourth-order valence-corrected chi connectivity index (χ4v) is 2.19. The van der Waals surface area contributed by atoms with Gasteiger partial charge >= 0.3 is 5.97 Å². The van der Waals surface area contributed by atoms with Gasteiger partial charge in [-0.1, -0.05) is 60.7 Å². The van der Waals surface area contributed by atoms with Gasteiger partial charge < -0.3 is 14.6 Å². The van der Waals surface area contributed by atoms with Crippen LogP contribution in [0.3, 0.4) is 0 Å². The van der Waals surface area contributed by atoms with Crippen molar-refractivity contribution >= 4 is 11.9 Å². The zero-order valence-corrected chi connectivity index (χ0v) is 12.1. The molecule has 0 bridgehead atoms. The second kappa shape index (κ2) is 7.98. The van der Waals surface area contributed by atoms with Crippen LogP contribution in [0.2, 0.25) is 0 Å². The van der Waals surface area contributed by atoms with E-state index in [4.69, 9.17) is 4.74 Å². The molecule has 4 nitrogen and oxygen atoms in total. The Labute approximate surface area is 129 Å². The Kier molecular flexibility index (Phi) is 5.72. The topological polar surface area (TPSA) is 66.4 Å². The summed E-state index contributed by atoms with van der Waals surface area (Å²) in [4.78, 5) is 23.0. The smallest absolute Gasteiger partial charge is 0.309 e. The van der Waals surface area contributed by atoms with E-state index in [1.807, 2.05) is 60.7 Å². The van der Waals surface area contributed by atoms with Gasteiger partial charge in [0.1, 0.15) is 6.61 Å². The Morgan fingerprint density at radius 1 is 0.909 bits per heavy atom. The number of carboxylic acids is 1. The standard InChI is InChI=1S/C18H18O4/c19-17(20)12-16(11-14-7-3-1-4-8-14)18(21)22-13-15-9-5-2-6-10-15/h1-10,16H,11-13H2,(H,19,20)/p-1/t16-/m0/s1. The van der Waals surface area contributed by atoms with Crippen molar-refractivity contribution in [3.05, 3.63) is 71.8 Å². The number of hydrogen-bond donors (Lipinski definition) is 0. The fourth-order valence-electron chi connectivity index (χ4n) is 2.19. The third-order valence-electron chi connectivity index (χ3n) is 3.30. The molecule has 2 rings (SSSR count). The zero-order chi connectivity index (χ0) is 15.8. The number of benzene rings is 2. The molecule has 114 valence electrons. The van der Waals surface area contributed by atoms with Crippen molar-refractivity contribution in [3.63, 3.8) is 0 Å². The van der Waals surface area contributed by atoms with Gasteiger partial charge in [-0.25, -0.2) is 0 Å². The molecule has 0 radical (unpaired) electrons. The van der Waals surface area contributed by atoms with Crippen LogP contribution in [0.4, 0.5) is 0 Å². The highest BCUT2D eigenvalue weighted by Gasteiger charge is 2.21. The van der Waals surface area contributed by atoms with Gasteiger partial charge in [-0.15, -0.1) is 0 Å². The number of esters is 1. The van der Waals surface area contributed by atoms with Crippen LogP contribution in [0.15, 0.2) is 60.7 Å². The van der Waals surface area contributed by atoms with Crippen LogP contribution in [0.5, 0.6) is 0 Å². The molecule has 0 spiro atoms. The molecule has 0 aliphatic carbocycles. The lowest BCUT2D eigenvalue weighted by molar-refractivity contribution is -0.306. The SMILES string of the molecule is O=C([O-])C[C@H](Cc1ccccc1)C(=O)OCc1ccccc1. The van der Waals surface area contributed by atoms with Crippen molar-refractivity contribution in [3.8, 4) is 0 Å². The first-order chi connectivity index (χ1) is 10.6. The lowest BCUT2D eigenvalue weighted by Crippen LogP contribution is -2.30. The van der Waals surface area contributed by atoms with E-state index >= 15 is 0 Å². The summed E-state index contributed by atoms with van der Waals surface area (Å²) in [6.07, 6.45) is -0.0229. The number of aliphatic carboxylic acids is 1. The average molecular weight is 297 g/mol. The molecule has 0 aliphatic rings. The van der Waals surface area contributed by atoms with Crippen LogP contribution < -0.4 is 5.11 Å². The van der Waals surface area contributed by atoms with Crippen molar-refractivity contribution in [2.75, 3.05) is 0 Å². The van der Waals surface area contributed by atoms with E-state index in [9.17, 15) is 14.7 Å². The first kappa shape index (κ1) is 15.8. The summed E-state index contributed by atoms with van der Waals surface area (Å²) < 4.78 is 5.23. The number of hydrogen-bond acceptors (Lipinski definition) is 4. The lowest BCUT2D eigenvalue weighted by Gasteiger charge is -2.16. The Morgan fingerprint density at radius 2 is 1.45 bits per heavy atom. The predicted octanol–water partition coefficient (Wildman–Crippen LogP) is 1.73. The summed E-state index contributed by atoms with van der Waals surface area (Å²) in [5, 5.41) is 10.9. The minimum atomic E-state index is -1.25. The summed E-state index contributed by atoms with van der Waals surface area (Å²) >= 11 is 0. The normalized spacial score (nSPS) is 11.6. The van der Waals surface area contributed by atoms with Crippen molar-refractivity contribution in [2.45, 2.75) is 19.4 Å². The van der Waals surface area contributed by atoms with Crippen molar-refractivity contribution < 1.29 is 19.4 Å². The molecule has 2 aromatic carbocycles. The average Bonchev–Trinajstić information content (AvgIpc) is 2.53. The highest BCUT2D eigenvalue weighted by molar-refractivity contribution is 5.78. The Hall–Kier alpha value is -2.62. The summed E-state index contributed by atoms with van der Waals surface area (Å²) in [5.74, 6) is -2.51. The van der Waals surface area contributed by atoms with Gasteiger partial charge in [0.15, 0.2) is 0 Å². The van der Waals surface area contributed by atoms with Crippen LogP contribution in [-0.4, -0.2) is 11.9 Å². The Morgan fingerprint density at radius 3 is 2.00 bits per heavy atom. The number of ether oxygens (including phenoxy) is 1. The number of carbonyl (C=O) groups is 2. The van der Waals surface area contributed by atoms with Crippen molar-refractivity contribution in [1.29, 1.82) is 0 Å². The van der Waals surface area contributed by atoms with E-state index in [0.717, 1.165) is 11.1 Å². The van der Waals surface area contributed by atoms with Gasteiger partial charge in [0.25, 0.3) is 0 Å². The van der Waals surface area contributed by atoms with E-state index in [1.54, 1.807) is 0 Å². The Bertz CT molecular complexity index is 607. The lowest BCUT2D eigenvalue weighted by atomic mass is 9.96. The molecule has 2 aromatic rings. The maximum absolute atomic E-state index is 12.1. The summed E-state index contributed by atoms with van der Waals surface area (Å²) in [7, 11) is 0. The van der Waals surface area contributed by atoms with Gasteiger partial charge in [-0.3, -0.25) is 4.79 Å². The van der Waals surface area contributed by atoms with E-state index in [-0.39, 0.29) is 13.0 Å². The summed E-state index contributed by atoms with van der Waals surface area (Å²) in [6.45, 7) is 0.137. The molecule has 22 heavy (non-hydrogen) atoms. The van der Waals surface area contributed by atoms with Crippen LogP contribution in [0.25, 0.3) is 0 Å². The second-order valence-corrected chi connectivity index (χ2v) is 5.06. The van der Waals surface area contributed by atoms with Crippen LogP contribution in [-0.2, 0) is 27.4 Å². The van der Waals surface area contributed by atoms with Gasteiger partial charge in [0.05, 0.1) is 5.92 Å². The highest BCUT2D eigenvalue weighted by atomic mass is 16.5. The Balaban J connectivity index is 1.98. The van der Waals surface area contributed by atoms with E-state index in [2.05, 4.69) is 0 Å². The summed E-state index contributed by atoms with van der Waals surface area (Å²) in [6, 6.07) is 18.5. The first-order valence-corrected chi connectivity index (χ1v) is 7.09. The van der Waals surface area contributed by atoms with Crippen LogP contribution in [0, 0.1) is 5.92 Å². The molecule has 0 aromatic heterocycles. The maximum Gasteiger partial charge on any atom is 0.309 e. The number of carbonyl (C=O) groups excluding carboxylic acids is 2. The molecule has 4 heteroatoms. The third kappa shape index (κ3) is 5.05. The molecule has 0 saturated heterocycles. The molecule has 0 amide bonds. The minimum absolute atomic E-state index is 0.137. The molecule has 0 saturated carbocycles. The second-order valence-electron chi connectivity index (χ2n) is 5.06. The summed E-state index contributed by atoms with van der Waals surface area (Å²) in [5.41, 5.74) is 1.76. The van der Waals surface area contributed by atoms with Crippen molar-refractivity contribution in [1.82, 2.24) is 0 Å². The molecule has 1 atom stereocenters. The molecule has 0 heterocycles. The van der Waals surface area contributed by atoms with Gasteiger partial charge in [-0.05, 0) is 17.5 Å². The van der Waals surface area contributed by atoms with Gasteiger partial charge in [0.2, 0.25) is 0 Å². The van der Waals surface area contributed by atoms with E-state index < -0.39 is 17.9 Å². The van der Waals surface area contributed by atoms with Gasteiger partial charge in [-0.2, -0.15) is 0 Å². The molecular weight excluding hydrogens is 280 g/mol. The predicted molar refractivity (Wildman–Crippen MR) is 79.5 cm³/mol. The molecule has 0 aliphatic heterocycles. The largest absolute Gasteiger partial charge is 0.550 e. The molecule has 0 fully saturated rings. The van der Waals surface area contributed by atoms with E-state index in [0.29, 0.717) is 6.42 Å². The third-order valence-corrected chi connectivity index (χ3v) is 3.30. The number of carboxylic acid groups (broad SMARTS) is 1. The highest BCUT2D eigenvalue weighted by Crippen LogP contribution is 2.15. The first-order valence-electron chi connectivity index (χ1n) is 7.09. The van der Waals surface area contributed by atoms with Crippen LogP contribution in [0.1, 0.15) is 17.5 Å². The molecular formula is C18H17O4-. The van der Waals surface area contributed by atoms with E-state index in [1.165, 1.54) is 0 Å².